The molecule has 106 valence electrons. The fourth-order valence-corrected chi connectivity index (χ4v) is 2.62. The molecule has 0 aromatic heterocycles. The molecular formula is C13H26N2O3. The lowest BCUT2D eigenvalue weighted by Crippen LogP contribution is -2.48. The van der Waals surface area contributed by atoms with Gasteiger partial charge in [-0.1, -0.05) is 6.92 Å². The summed E-state index contributed by atoms with van der Waals surface area (Å²) in [6.45, 7) is 8.73. The number of aliphatic hydroxyl groups is 1. The van der Waals surface area contributed by atoms with E-state index in [0.717, 1.165) is 52.5 Å². The Labute approximate surface area is 109 Å². The zero-order valence-electron chi connectivity index (χ0n) is 11.3. The highest BCUT2D eigenvalue weighted by Gasteiger charge is 2.22. The van der Waals surface area contributed by atoms with Crippen molar-refractivity contribution < 1.29 is 14.6 Å². The van der Waals surface area contributed by atoms with Crippen molar-refractivity contribution >= 4 is 0 Å². The van der Waals surface area contributed by atoms with Crippen molar-refractivity contribution in [2.24, 2.45) is 5.92 Å². The highest BCUT2D eigenvalue weighted by molar-refractivity contribution is 4.78. The molecule has 5 nitrogen and oxygen atoms in total. The second kappa shape index (κ2) is 7.40. The molecule has 0 aliphatic carbocycles. The lowest BCUT2D eigenvalue weighted by molar-refractivity contribution is 0.00937. The molecule has 0 spiro atoms. The van der Waals surface area contributed by atoms with Crippen molar-refractivity contribution in [3.8, 4) is 0 Å². The Balaban J connectivity index is 1.62. The minimum absolute atomic E-state index is 0.293. The first-order chi connectivity index (χ1) is 8.75. The quantitative estimate of drug-likeness (QED) is 0.709. The van der Waals surface area contributed by atoms with Crippen LogP contribution in [-0.4, -0.2) is 74.8 Å². The highest BCUT2D eigenvalue weighted by Crippen LogP contribution is 2.13. The first-order valence-electron chi connectivity index (χ1n) is 7.05. The van der Waals surface area contributed by atoms with Gasteiger partial charge in [0.15, 0.2) is 0 Å². The standard InChI is InChI=1S/C13H26N2O3/c1-11-10-18-5-2-13(11)14-8-12(16)9-15-3-6-17-7-4-15/h11-14,16H,2-10H2,1H3. The topological polar surface area (TPSA) is 54.0 Å². The molecule has 0 aromatic rings. The van der Waals surface area contributed by atoms with E-state index in [2.05, 4.69) is 17.1 Å². The van der Waals surface area contributed by atoms with Gasteiger partial charge in [-0.05, 0) is 12.3 Å². The number of ether oxygens (including phenoxy) is 2. The molecule has 2 N–H and O–H groups in total. The van der Waals surface area contributed by atoms with Gasteiger partial charge in [-0.2, -0.15) is 0 Å². The second-order valence-electron chi connectivity index (χ2n) is 5.42. The molecule has 18 heavy (non-hydrogen) atoms. The van der Waals surface area contributed by atoms with Crippen molar-refractivity contribution in [1.29, 1.82) is 0 Å². The van der Waals surface area contributed by atoms with Gasteiger partial charge in [0.05, 0.1) is 25.9 Å². The average Bonchev–Trinajstić information content (AvgIpc) is 2.39. The van der Waals surface area contributed by atoms with Gasteiger partial charge in [0, 0.05) is 38.8 Å². The third-order valence-corrected chi connectivity index (χ3v) is 3.83. The summed E-state index contributed by atoms with van der Waals surface area (Å²) in [5.74, 6) is 0.536. The predicted octanol–water partition coefficient (Wildman–Crippen LogP) is -0.306. The molecule has 0 amide bonds. The van der Waals surface area contributed by atoms with Gasteiger partial charge >= 0.3 is 0 Å². The van der Waals surface area contributed by atoms with Crippen molar-refractivity contribution in [3.05, 3.63) is 0 Å². The third kappa shape index (κ3) is 4.48. The van der Waals surface area contributed by atoms with Crippen LogP contribution in [-0.2, 0) is 9.47 Å². The zero-order valence-corrected chi connectivity index (χ0v) is 11.3. The van der Waals surface area contributed by atoms with Crippen LogP contribution in [0.3, 0.4) is 0 Å². The Hall–Kier alpha value is -0.200. The van der Waals surface area contributed by atoms with Crippen LogP contribution in [0.5, 0.6) is 0 Å². The molecule has 3 atom stereocenters. The van der Waals surface area contributed by atoms with E-state index >= 15 is 0 Å². The van der Waals surface area contributed by atoms with Gasteiger partial charge in [-0.25, -0.2) is 0 Å². The van der Waals surface area contributed by atoms with Crippen molar-refractivity contribution in [3.63, 3.8) is 0 Å². The first-order valence-corrected chi connectivity index (χ1v) is 7.05. The number of aliphatic hydroxyl groups excluding tert-OH is 1. The fourth-order valence-electron chi connectivity index (χ4n) is 2.62. The summed E-state index contributed by atoms with van der Waals surface area (Å²) < 4.78 is 10.7. The van der Waals surface area contributed by atoms with Crippen molar-refractivity contribution in [1.82, 2.24) is 10.2 Å². The summed E-state index contributed by atoms with van der Waals surface area (Å²) in [4.78, 5) is 2.27. The predicted molar refractivity (Wildman–Crippen MR) is 69.7 cm³/mol. The van der Waals surface area contributed by atoms with Crippen LogP contribution in [0.4, 0.5) is 0 Å². The van der Waals surface area contributed by atoms with Gasteiger partial charge in [0.1, 0.15) is 0 Å². The van der Waals surface area contributed by atoms with Crippen LogP contribution in [0.15, 0.2) is 0 Å². The summed E-state index contributed by atoms with van der Waals surface area (Å²) in [6, 6.07) is 0.484. The molecule has 3 unspecified atom stereocenters. The van der Waals surface area contributed by atoms with Crippen LogP contribution in [0.2, 0.25) is 0 Å². The number of β-amino-alcohol motifs (C(OH)–C–C–N with tert-alkyl or cyclic N) is 1. The molecule has 0 aromatic carbocycles. The Morgan fingerprint density at radius 2 is 2.06 bits per heavy atom. The molecule has 2 aliphatic rings. The smallest absolute Gasteiger partial charge is 0.0791 e. The van der Waals surface area contributed by atoms with E-state index < -0.39 is 0 Å². The SMILES string of the molecule is CC1COCCC1NCC(O)CN1CCOCC1. The number of hydrogen-bond acceptors (Lipinski definition) is 5. The van der Waals surface area contributed by atoms with Crippen LogP contribution < -0.4 is 5.32 Å². The summed E-state index contributed by atoms with van der Waals surface area (Å²) in [5, 5.41) is 13.5. The maximum atomic E-state index is 10.0. The largest absolute Gasteiger partial charge is 0.390 e. The normalized spacial score (nSPS) is 32.3. The van der Waals surface area contributed by atoms with Crippen molar-refractivity contribution in [2.75, 3.05) is 52.6 Å². The summed E-state index contributed by atoms with van der Waals surface area (Å²) in [6.07, 6.45) is 0.754. The Bertz CT molecular complexity index is 234. The third-order valence-electron chi connectivity index (χ3n) is 3.83. The molecule has 2 rings (SSSR count). The summed E-state index contributed by atoms with van der Waals surface area (Å²) in [7, 11) is 0. The molecule has 2 saturated heterocycles. The van der Waals surface area contributed by atoms with Gasteiger partial charge < -0.3 is 19.9 Å². The molecule has 0 saturated carbocycles. The minimum atomic E-state index is -0.293. The van der Waals surface area contributed by atoms with Gasteiger partial charge in [0.25, 0.3) is 0 Å². The van der Waals surface area contributed by atoms with E-state index in [-0.39, 0.29) is 6.10 Å². The zero-order chi connectivity index (χ0) is 12.8. The maximum absolute atomic E-state index is 10.0. The molecule has 2 fully saturated rings. The first kappa shape index (κ1) is 14.2. The monoisotopic (exact) mass is 258 g/mol. The number of hydrogen-bond donors (Lipinski definition) is 2. The van der Waals surface area contributed by atoms with Crippen molar-refractivity contribution in [2.45, 2.75) is 25.5 Å². The fraction of sp³-hybridized carbons (Fsp3) is 1.00. The maximum Gasteiger partial charge on any atom is 0.0791 e. The lowest BCUT2D eigenvalue weighted by atomic mass is 9.98. The second-order valence-corrected chi connectivity index (χ2v) is 5.42. The van der Waals surface area contributed by atoms with Gasteiger partial charge in [-0.15, -0.1) is 0 Å². The molecule has 5 heteroatoms. The van der Waals surface area contributed by atoms with E-state index in [0.29, 0.717) is 18.5 Å². The average molecular weight is 258 g/mol. The van der Waals surface area contributed by atoms with E-state index in [1.165, 1.54) is 0 Å². The number of nitrogens with one attached hydrogen (secondary N) is 1. The molecule has 2 heterocycles. The van der Waals surface area contributed by atoms with E-state index in [4.69, 9.17) is 9.47 Å². The van der Waals surface area contributed by atoms with Crippen LogP contribution >= 0.6 is 0 Å². The Morgan fingerprint density at radius 3 is 2.78 bits per heavy atom. The number of morpholine rings is 1. The summed E-state index contributed by atoms with van der Waals surface area (Å²) >= 11 is 0. The van der Waals surface area contributed by atoms with Gasteiger partial charge in [-0.3, -0.25) is 4.90 Å². The number of rotatable bonds is 5. The van der Waals surface area contributed by atoms with E-state index in [9.17, 15) is 5.11 Å². The van der Waals surface area contributed by atoms with Crippen LogP contribution in [0.1, 0.15) is 13.3 Å². The van der Waals surface area contributed by atoms with Crippen LogP contribution in [0, 0.1) is 5.92 Å². The summed E-state index contributed by atoms with van der Waals surface area (Å²) in [5.41, 5.74) is 0. The highest BCUT2D eigenvalue weighted by atomic mass is 16.5. The van der Waals surface area contributed by atoms with E-state index in [1.807, 2.05) is 0 Å². The lowest BCUT2D eigenvalue weighted by Gasteiger charge is -2.32. The Kier molecular flexibility index (Phi) is 5.85. The number of nitrogens with zero attached hydrogens (tertiary/aromatic N) is 1. The molecule has 0 bridgehead atoms. The van der Waals surface area contributed by atoms with E-state index in [1.54, 1.807) is 0 Å². The Morgan fingerprint density at radius 1 is 1.28 bits per heavy atom. The minimum Gasteiger partial charge on any atom is -0.390 e. The molecule has 0 radical (unpaired) electrons. The molecule has 2 aliphatic heterocycles. The van der Waals surface area contributed by atoms with Gasteiger partial charge in [0.2, 0.25) is 0 Å². The molecular weight excluding hydrogens is 232 g/mol. The van der Waals surface area contributed by atoms with Crippen LogP contribution in [0.25, 0.3) is 0 Å².